The summed E-state index contributed by atoms with van der Waals surface area (Å²) in [6.07, 6.45) is 9.89. The molecule has 0 fully saturated rings. The van der Waals surface area contributed by atoms with Crippen molar-refractivity contribution in [1.82, 2.24) is 24.7 Å². The van der Waals surface area contributed by atoms with Crippen molar-refractivity contribution < 1.29 is 18.3 Å². The first-order valence-corrected chi connectivity index (χ1v) is 12.2. The average Bonchev–Trinajstić information content (AvgIpc) is 3.30. The zero-order chi connectivity index (χ0) is 27.4. The number of pyridine rings is 1. The number of terminal acetylenes is 1. The Morgan fingerprint density at radius 2 is 1.90 bits per heavy atom. The highest BCUT2D eigenvalue weighted by Crippen LogP contribution is 2.33. The van der Waals surface area contributed by atoms with Gasteiger partial charge in [-0.1, -0.05) is 35.7 Å². The van der Waals surface area contributed by atoms with Crippen molar-refractivity contribution in [3.63, 3.8) is 0 Å². The van der Waals surface area contributed by atoms with Gasteiger partial charge in [-0.3, -0.25) is 9.67 Å². The smallest absolute Gasteiger partial charge is 0.183 e. The second-order valence-corrected chi connectivity index (χ2v) is 8.61. The van der Waals surface area contributed by atoms with Crippen molar-refractivity contribution in [2.75, 3.05) is 18.5 Å². The second-order valence-electron chi connectivity index (χ2n) is 8.20. The van der Waals surface area contributed by atoms with Gasteiger partial charge < -0.3 is 14.8 Å². The van der Waals surface area contributed by atoms with E-state index in [2.05, 4.69) is 31.3 Å². The number of hydrogen-bond donors (Lipinski definition) is 1. The van der Waals surface area contributed by atoms with Crippen molar-refractivity contribution in [3.8, 4) is 35.4 Å². The fourth-order valence-electron chi connectivity index (χ4n) is 3.95. The van der Waals surface area contributed by atoms with Crippen molar-refractivity contribution >= 4 is 34.0 Å². The predicted octanol–water partition coefficient (Wildman–Crippen LogP) is 6.02. The molecule has 0 radical (unpaired) electrons. The lowest BCUT2D eigenvalue weighted by atomic mass is 10.1. The zero-order valence-corrected chi connectivity index (χ0v) is 21.4. The second kappa shape index (κ2) is 11.3. The molecule has 3 aromatic heterocycles. The van der Waals surface area contributed by atoms with Crippen LogP contribution in [0.3, 0.4) is 0 Å². The molecule has 0 aliphatic rings. The van der Waals surface area contributed by atoms with Crippen molar-refractivity contribution in [2.45, 2.75) is 13.5 Å². The standard InChI is InChI=1S/C28H21ClF2N6O2/c1-3-11-39-25-15-33-28(35-27(25)34-23-9-10-32-14-20(23)29)26-18-7-5-6-8-24(18)37(36-26)16-19-21(30)12-17(38-4-2)13-22(19)31/h1,5-10,12-15H,4,11,16H2,2H3,(H,32,33,34,35). The van der Waals surface area contributed by atoms with Crippen molar-refractivity contribution in [3.05, 3.63) is 83.3 Å². The van der Waals surface area contributed by atoms with E-state index in [4.69, 9.17) is 27.5 Å². The van der Waals surface area contributed by atoms with Crippen LogP contribution >= 0.6 is 11.6 Å². The predicted molar refractivity (Wildman–Crippen MR) is 144 cm³/mol. The number of hydrogen-bond acceptors (Lipinski definition) is 7. The number of benzene rings is 2. The molecule has 0 saturated carbocycles. The SMILES string of the molecule is C#CCOc1cnc(-c2nn(Cc3c(F)cc(OCC)cc3F)c3ccccc23)nc1Nc1ccncc1Cl. The van der Waals surface area contributed by atoms with Crippen LogP contribution < -0.4 is 14.8 Å². The minimum Gasteiger partial charge on any atom is -0.494 e. The molecule has 0 atom stereocenters. The number of halogens is 3. The molecule has 0 bridgehead atoms. The Kier molecular flexibility index (Phi) is 7.52. The van der Waals surface area contributed by atoms with Crippen LogP contribution in [0, 0.1) is 24.0 Å². The average molecular weight is 547 g/mol. The minimum absolute atomic E-state index is 0.00175. The molecular formula is C28H21ClF2N6O2. The van der Waals surface area contributed by atoms with Crippen LogP contribution in [0.5, 0.6) is 11.5 Å². The van der Waals surface area contributed by atoms with Gasteiger partial charge in [0.2, 0.25) is 0 Å². The summed E-state index contributed by atoms with van der Waals surface area (Å²) in [7, 11) is 0. The molecule has 39 heavy (non-hydrogen) atoms. The van der Waals surface area contributed by atoms with E-state index in [1.54, 1.807) is 25.3 Å². The monoisotopic (exact) mass is 546 g/mol. The maximum absolute atomic E-state index is 14.9. The summed E-state index contributed by atoms with van der Waals surface area (Å²) < 4.78 is 42.1. The summed E-state index contributed by atoms with van der Waals surface area (Å²) in [5, 5.41) is 8.83. The number of para-hydroxylation sites is 1. The molecule has 0 spiro atoms. The maximum Gasteiger partial charge on any atom is 0.183 e. The lowest BCUT2D eigenvalue weighted by molar-refractivity contribution is 0.335. The normalized spacial score (nSPS) is 10.8. The van der Waals surface area contributed by atoms with Gasteiger partial charge in [-0.25, -0.2) is 18.7 Å². The molecule has 3 heterocycles. The summed E-state index contributed by atoms with van der Waals surface area (Å²) in [5.41, 5.74) is 1.44. The van der Waals surface area contributed by atoms with Crippen molar-refractivity contribution in [2.24, 2.45) is 0 Å². The van der Waals surface area contributed by atoms with Crippen LogP contribution in [0.4, 0.5) is 20.3 Å². The summed E-state index contributed by atoms with van der Waals surface area (Å²) in [5.74, 6) is 1.91. The molecule has 0 aliphatic carbocycles. The summed E-state index contributed by atoms with van der Waals surface area (Å²) in [6, 6.07) is 11.3. The number of nitrogens with zero attached hydrogens (tertiary/aromatic N) is 5. The molecule has 0 saturated heterocycles. The topological polar surface area (TPSA) is 87.0 Å². The van der Waals surface area contributed by atoms with E-state index < -0.39 is 11.6 Å². The van der Waals surface area contributed by atoms with Gasteiger partial charge in [0.1, 0.15) is 29.7 Å². The Hall–Kier alpha value is -4.75. The Bertz CT molecular complexity index is 1680. The van der Waals surface area contributed by atoms with Crippen LogP contribution in [0.15, 0.2) is 61.1 Å². The zero-order valence-electron chi connectivity index (χ0n) is 20.7. The summed E-state index contributed by atoms with van der Waals surface area (Å²) in [6.45, 7) is 1.87. The van der Waals surface area contributed by atoms with Gasteiger partial charge in [0.05, 0.1) is 35.6 Å². The third-order valence-corrected chi connectivity index (χ3v) is 6.00. The van der Waals surface area contributed by atoms with Crippen LogP contribution in [0.1, 0.15) is 12.5 Å². The third-order valence-electron chi connectivity index (χ3n) is 5.69. The molecular weight excluding hydrogens is 526 g/mol. The highest BCUT2D eigenvalue weighted by molar-refractivity contribution is 6.33. The van der Waals surface area contributed by atoms with Gasteiger partial charge in [0, 0.05) is 35.5 Å². The largest absolute Gasteiger partial charge is 0.494 e. The molecule has 2 aromatic carbocycles. The first-order valence-electron chi connectivity index (χ1n) is 11.8. The van der Waals surface area contributed by atoms with E-state index in [0.717, 1.165) is 12.1 Å². The number of aromatic nitrogens is 5. The molecule has 8 nitrogen and oxygen atoms in total. The number of anilines is 2. The molecule has 0 aliphatic heterocycles. The molecule has 5 rings (SSSR count). The molecule has 196 valence electrons. The fourth-order valence-corrected chi connectivity index (χ4v) is 4.11. The van der Waals surface area contributed by atoms with Crippen LogP contribution in [0.25, 0.3) is 22.4 Å². The lowest BCUT2D eigenvalue weighted by Gasteiger charge is -2.12. The third kappa shape index (κ3) is 5.44. The Balaban J connectivity index is 1.57. The molecule has 0 amide bonds. The van der Waals surface area contributed by atoms with E-state index in [0.29, 0.717) is 45.5 Å². The number of ether oxygens (including phenoxy) is 2. The molecule has 0 unspecified atom stereocenters. The van der Waals surface area contributed by atoms with Gasteiger partial charge in [-0.15, -0.1) is 6.42 Å². The van der Waals surface area contributed by atoms with Gasteiger partial charge in [-0.2, -0.15) is 5.10 Å². The van der Waals surface area contributed by atoms with Crippen LogP contribution in [0.2, 0.25) is 5.02 Å². The Morgan fingerprint density at radius 3 is 2.64 bits per heavy atom. The number of rotatable bonds is 9. The van der Waals surface area contributed by atoms with E-state index in [-0.39, 0.29) is 30.3 Å². The lowest BCUT2D eigenvalue weighted by Crippen LogP contribution is -2.08. The van der Waals surface area contributed by atoms with Crippen LogP contribution in [-0.2, 0) is 6.54 Å². The maximum atomic E-state index is 14.9. The van der Waals surface area contributed by atoms with E-state index in [1.165, 1.54) is 17.1 Å². The molecule has 5 aromatic rings. The van der Waals surface area contributed by atoms with Gasteiger partial charge >= 0.3 is 0 Å². The highest BCUT2D eigenvalue weighted by Gasteiger charge is 2.20. The van der Waals surface area contributed by atoms with E-state index >= 15 is 0 Å². The molecule has 11 heteroatoms. The summed E-state index contributed by atoms with van der Waals surface area (Å²) >= 11 is 6.27. The van der Waals surface area contributed by atoms with E-state index in [9.17, 15) is 8.78 Å². The highest BCUT2D eigenvalue weighted by atomic mass is 35.5. The quantitative estimate of drug-likeness (QED) is 0.226. The van der Waals surface area contributed by atoms with Gasteiger partial charge in [0.25, 0.3) is 0 Å². The Labute approximate surface area is 227 Å². The first-order chi connectivity index (χ1) is 19.0. The van der Waals surface area contributed by atoms with Gasteiger partial charge in [0.15, 0.2) is 17.4 Å². The van der Waals surface area contributed by atoms with E-state index in [1.807, 2.05) is 18.2 Å². The van der Waals surface area contributed by atoms with Crippen molar-refractivity contribution in [1.29, 1.82) is 0 Å². The minimum atomic E-state index is -0.730. The first kappa shape index (κ1) is 25.9. The van der Waals surface area contributed by atoms with Crippen LogP contribution in [-0.4, -0.2) is 37.9 Å². The number of nitrogens with one attached hydrogen (secondary N) is 1. The molecule has 1 N–H and O–H groups in total. The number of fused-ring (bicyclic) bond motifs is 1. The van der Waals surface area contributed by atoms with Gasteiger partial charge in [-0.05, 0) is 19.1 Å². The summed E-state index contributed by atoms with van der Waals surface area (Å²) in [4.78, 5) is 13.1. The fraction of sp³-hybridized carbons (Fsp3) is 0.143. The Morgan fingerprint density at radius 1 is 1.10 bits per heavy atom.